The summed E-state index contributed by atoms with van der Waals surface area (Å²) in [6.45, 7) is 15.7. The largest absolute Gasteiger partial charge is 0.458 e. The number of ketones is 1. The van der Waals surface area contributed by atoms with Gasteiger partial charge in [0, 0.05) is 52.6 Å². The number of methoxy groups -OCH3 is 3. The van der Waals surface area contributed by atoms with Crippen molar-refractivity contribution in [2.24, 2.45) is 22.7 Å². The van der Waals surface area contributed by atoms with Crippen molar-refractivity contribution >= 4 is 11.8 Å². The zero-order chi connectivity index (χ0) is 55.6. The van der Waals surface area contributed by atoms with Gasteiger partial charge in [0.05, 0.1) is 54.7 Å². The zero-order valence-corrected chi connectivity index (χ0v) is 46.4. The number of hydrogen-bond acceptors (Lipinski definition) is 21. The van der Waals surface area contributed by atoms with Gasteiger partial charge < -0.3 is 92.6 Å². The predicted molar refractivity (Wildman–Crippen MR) is 267 cm³/mol. The fraction of sp³-hybridized carbons (Fsp3) is 0.891. The molecule has 4 aliphatic carbocycles. The van der Waals surface area contributed by atoms with Gasteiger partial charge in [-0.15, -0.1) is 0 Å². The quantitative estimate of drug-likeness (QED) is 0.0664. The highest BCUT2D eigenvalue weighted by atomic mass is 16.8. The smallest absolute Gasteiger partial charge is 0.330 e. The summed E-state index contributed by atoms with van der Waals surface area (Å²) in [5.74, 6) is -1.66. The van der Waals surface area contributed by atoms with Crippen LogP contribution in [0, 0.1) is 22.7 Å². The first-order valence-electron chi connectivity index (χ1n) is 27.5. The summed E-state index contributed by atoms with van der Waals surface area (Å²) in [6.07, 6.45) is -9.62. The Morgan fingerprint density at radius 1 is 0.724 bits per heavy atom. The fourth-order valence-corrected chi connectivity index (χ4v) is 14.4. The van der Waals surface area contributed by atoms with Crippen LogP contribution in [0.5, 0.6) is 0 Å². The molecule has 4 saturated heterocycles. The number of rotatable bonds is 16. The van der Waals surface area contributed by atoms with Crippen LogP contribution in [0.2, 0.25) is 0 Å². The SMILES string of the molecule is CO[C@H]1C[C@H](O[C@H]2[C@@H](OC)C[C@H](O[C@H]3CC[C@@]4(C)C(=CC[C@]5(O)[C@@H]4C[C@@H](OC(=O)/C=C(\C)C(C)C)[C@@]4(C)[C@]5(O)CC[C@@]4(O)C(C)=O)C3)O[C@@H]2C)O[C@@H](C)[C@H]1O[C@H]1C[C@H](OC)[C@H](O[C@H]2O[C@@H](CO)[C@H](O)[C@@H](O)[C@@H]2O)[C@@H](C)O1. The predicted octanol–water partition coefficient (Wildman–Crippen LogP) is 2.41. The van der Waals surface area contributed by atoms with E-state index in [9.17, 15) is 45.3 Å². The van der Waals surface area contributed by atoms with Crippen LogP contribution in [0.25, 0.3) is 0 Å². The molecule has 7 fully saturated rings. The lowest BCUT2D eigenvalue weighted by molar-refractivity contribution is -0.357. The summed E-state index contributed by atoms with van der Waals surface area (Å²) in [7, 11) is 4.72. The van der Waals surface area contributed by atoms with Crippen molar-refractivity contribution in [2.45, 2.75) is 260 Å². The van der Waals surface area contributed by atoms with Gasteiger partial charge in [0.1, 0.15) is 65.6 Å². The molecule has 4 heterocycles. The standard InChI is InChI=1S/C55H88O21/c1-26(2)27(3)19-40(58)73-39-24-38-51(8)15-14-33(20-32(51)13-16-54(38,63)55(64)18-17-53(62,31(7)57)52(39,55)9)71-41-21-34(65-10)47(28(4)68-41)74-42-22-35(66-11)48(29(5)69-42)75-43-23-36(67-12)49(30(6)70-43)76-50-46(61)45(60)44(59)37(25-56)72-50/h13,19,26,28-30,33-39,41-50,56,59-64H,14-18,20-25H2,1-12H3/b27-19+/t28-,29+,30-,33+,34+,35+,36+,37+,38-,39-,41+,42+,43+,44+,45-,46+,47-,48-,49-,50-,51+,52-,53-,54+,55-/m1/s1. The van der Waals surface area contributed by atoms with Gasteiger partial charge in [-0.1, -0.05) is 38.0 Å². The van der Waals surface area contributed by atoms with Crippen LogP contribution < -0.4 is 0 Å². The van der Waals surface area contributed by atoms with Crippen molar-refractivity contribution in [2.75, 3.05) is 27.9 Å². The van der Waals surface area contributed by atoms with E-state index in [4.69, 9.17) is 56.8 Å². The Morgan fingerprint density at radius 2 is 1.25 bits per heavy atom. The van der Waals surface area contributed by atoms with E-state index in [1.165, 1.54) is 20.1 Å². The van der Waals surface area contributed by atoms with Crippen LogP contribution in [-0.4, -0.2) is 209 Å². The molecule has 21 heteroatoms. The minimum absolute atomic E-state index is 0.0476. The summed E-state index contributed by atoms with van der Waals surface area (Å²) in [6, 6.07) is 0. The van der Waals surface area contributed by atoms with Crippen molar-refractivity contribution in [3.8, 4) is 0 Å². The fourth-order valence-electron chi connectivity index (χ4n) is 14.4. The molecule has 0 aromatic carbocycles. The molecule has 8 rings (SSSR count). The lowest BCUT2D eigenvalue weighted by Gasteiger charge is -2.67. The van der Waals surface area contributed by atoms with Crippen molar-refractivity contribution in [1.29, 1.82) is 0 Å². The van der Waals surface area contributed by atoms with Crippen LogP contribution in [0.3, 0.4) is 0 Å². The van der Waals surface area contributed by atoms with Crippen LogP contribution in [-0.2, 0) is 66.4 Å². The van der Waals surface area contributed by atoms with Gasteiger partial charge in [-0.3, -0.25) is 4.79 Å². The Labute approximate surface area is 446 Å². The van der Waals surface area contributed by atoms with Gasteiger partial charge in [-0.05, 0) is 97.8 Å². The van der Waals surface area contributed by atoms with E-state index in [1.54, 1.807) is 28.1 Å². The molecule has 434 valence electrons. The number of esters is 1. The van der Waals surface area contributed by atoms with Gasteiger partial charge in [-0.2, -0.15) is 0 Å². The maximum absolute atomic E-state index is 13.6. The third-order valence-electron chi connectivity index (χ3n) is 19.5. The molecule has 0 aromatic heterocycles. The molecule has 3 saturated carbocycles. The Hall–Kier alpha value is -2.10. The number of Topliss-reactive ketones (excluding diaryl/α,β-unsaturated/α-hetero) is 1. The average molecular weight is 1090 g/mol. The third kappa shape index (κ3) is 10.5. The number of fused-ring (bicyclic) bond motifs is 5. The molecule has 0 amide bonds. The van der Waals surface area contributed by atoms with E-state index in [1.807, 2.05) is 40.7 Å². The van der Waals surface area contributed by atoms with Crippen LogP contribution >= 0.6 is 0 Å². The first kappa shape index (κ1) is 60.0. The Morgan fingerprint density at radius 3 is 1.75 bits per heavy atom. The average Bonchev–Trinajstić information content (AvgIpc) is 3.86. The second kappa shape index (κ2) is 23.0. The topological polar surface area (TPSA) is 287 Å². The van der Waals surface area contributed by atoms with Gasteiger partial charge >= 0.3 is 5.97 Å². The van der Waals surface area contributed by atoms with E-state index in [0.717, 1.165) is 11.1 Å². The van der Waals surface area contributed by atoms with E-state index < -0.39 is 163 Å². The van der Waals surface area contributed by atoms with Gasteiger partial charge in [0.25, 0.3) is 0 Å². The summed E-state index contributed by atoms with van der Waals surface area (Å²) in [5.41, 5.74) is -6.21. The van der Waals surface area contributed by atoms with Gasteiger partial charge in [0.15, 0.2) is 30.9 Å². The molecule has 25 atom stereocenters. The number of hydrogen-bond donors (Lipinski definition) is 7. The van der Waals surface area contributed by atoms with E-state index in [0.29, 0.717) is 32.1 Å². The van der Waals surface area contributed by atoms with E-state index >= 15 is 0 Å². The summed E-state index contributed by atoms with van der Waals surface area (Å²) < 4.78 is 74.8. The van der Waals surface area contributed by atoms with Crippen molar-refractivity contribution in [3.05, 3.63) is 23.3 Å². The lowest BCUT2D eigenvalue weighted by Crippen LogP contribution is -2.78. The molecule has 0 spiro atoms. The molecule has 0 bridgehead atoms. The number of carbonyl (C=O) groups is 2. The first-order valence-corrected chi connectivity index (χ1v) is 27.5. The second-order valence-electron chi connectivity index (χ2n) is 23.9. The number of aliphatic hydroxyl groups excluding tert-OH is 4. The van der Waals surface area contributed by atoms with Crippen LogP contribution in [0.1, 0.15) is 127 Å². The summed E-state index contributed by atoms with van der Waals surface area (Å²) in [4.78, 5) is 26.9. The van der Waals surface area contributed by atoms with Crippen molar-refractivity contribution in [1.82, 2.24) is 0 Å². The molecule has 76 heavy (non-hydrogen) atoms. The third-order valence-corrected chi connectivity index (χ3v) is 19.5. The van der Waals surface area contributed by atoms with E-state index in [2.05, 4.69) is 6.92 Å². The van der Waals surface area contributed by atoms with Gasteiger partial charge in [-0.25, -0.2) is 4.79 Å². The van der Waals surface area contributed by atoms with Gasteiger partial charge in [0.2, 0.25) is 0 Å². The van der Waals surface area contributed by atoms with Crippen molar-refractivity contribution < 1.29 is 102 Å². The molecule has 0 unspecified atom stereocenters. The maximum atomic E-state index is 13.6. The molecular weight excluding hydrogens is 997 g/mol. The Bertz CT molecular complexity index is 2110. The Kier molecular flexibility index (Phi) is 18.2. The number of allylic oxidation sites excluding steroid dienone is 1. The molecule has 0 aromatic rings. The van der Waals surface area contributed by atoms with Crippen molar-refractivity contribution in [3.63, 3.8) is 0 Å². The molecule has 8 aliphatic rings. The minimum Gasteiger partial charge on any atom is -0.458 e. The summed E-state index contributed by atoms with van der Waals surface area (Å²) >= 11 is 0. The number of aliphatic hydroxyl groups is 7. The molecule has 0 radical (unpaired) electrons. The minimum atomic E-state index is -2.04. The number of carbonyl (C=O) groups excluding carboxylic acids is 2. The van der Waals surface area contributed by atoms with Crippen LogP contribution in [0.4, 0.5) is 0 Å². The Balaban J connectivity index is 0.878. The number of ether oxygens (including phenoxy) is 12. The summed E-state index contributed by atoms with van der Waals surface area (Å²) in [5, 5.41) is 78.8. The van der Waals surface area contributed by atoms with Crippen LogP contribution in [0.15, 0.2) is 23.3 Å². The zero-order valence-electron chi connectivity index (χ0n) is 46.4. The lowest BCUT2D eigenvalue weighted by atomic mass is 9.42. The highest BCUT2D eigenvalue weighted by molar-refractivity contribution is 5.87. The van der Waals surface area contributed by atoms with E-state index in [-0.39, 0.29) is 44.1 Å². The maximum Gasteiger partial charge on any atom is 0.330 e. The first-order chi connectivity index (χ1) is 35.7. The normalized spacial score (nSPS) is 49.8. The highest BCUT2D eigenvalue weighted by Gasteiger charge is 2.81. The molecule has 4 aliphatic heterocycles. The molecular formula is C55H88O21. The molecule has 7 N–H and O–H groups in total. The highest BCUT2D eigenvalue weighted by Crippen LogP contribution is 2.71. The second-order valence-corrected chi connectivity index (χ2v) is 23.9. The monoisotopic (exact) mass is 1080 g/mol. The molecule has 21 nitrogen and oxygen atoms in total.